The first kappa shape index (κ1) is 18.0. The quantitative estimate of drug-likeness (QED) is 0.904. The number of rotatable bonds is 4. The molecule has 0 spiro atoms. The van der Waals surface area contributed by atoms with Gasteiger partial charge in [0, 0.05) is 32.5 Å². The van der Waals surface area contributed by atoms with E-state index in [2.05, 4.69) is 10.3 Å². The van der Waals surface area contributed by atoms with E-state index in [-0.39, 0.29) is 18.0 Å². The summed E-state index contributed by atoms with van der Waals surface area (Å²) in [6.45, 7) is 2.78. The van der Waals surface area contributed by atoms with E-state index in [1.165, 1.54) is 4.90 Å². The largest absolute Gasteiger partial charge is 0.349 e. The second-order valence-corrected chi connectivity index (χ2v) is 6.21. The second-order valence-electron chi connectivity index (χ2n) is 6.21. The Labute approximate surface area is 149 Å². The van der Waals surface area contributed by atoms with Crippen molar-refractivity contribution >= 4 is 11.8 Å². The summed E-state index contributed by atoms with van der Waals surface area (Å²) in [4.78, 5) is 30.1. The molecule has 0 unspecified atom stereocenters. The van der Waals surface area contributed by atoms with Crippen molar-refractivity contribution in [3.8, 4) is 0 Å². The number of nitrogens with zero attached hydrogens (tertiary/aromatic N) is 3. The van der Waals surface area contributed by atoms with Crippen LogP contribution >= 0.6 is 0 Å². The van der Waals surface area contributed by atoms with Gasteiger partial charge in [0.05, 0.1) is 30.0 Å². The number of hydrogen-bond acceptors (Lipinski definition) is 3. The summed E-state index contributed by atoms with van der Waals surface area (Å²) in [5, 5.41) is 2.78. The third kappa shape index (κ3) is 3.44. The molecule has 2 heterocycles. The highest BCUT2D eigenvalue weighted by Crippen LogP contribution is 2.22. The van der Waals surface area contributed by atoms with Crippen LogP contribution in [0.25, 0.3) is 0 Å². The molecule has 1 aliphatic heterocycles. The van der Waals surface area contributed by atoms with E-state index >= 15 is 0 Å². The standard InChI is InChI=1S/C18H20F2N4O2/c1-3-17(25)21-9-16-22-14-6-7-24(10-15(14)23(16)2)18(26)12-5-4-11(19)8-13(12)20/h4-5,8H,3,6-7,9-10H2,1-2H3,(H,21,25). The molecular weight excluding hydrogens is 342 g/mol. The molecule has 0 atom stereocenters. The van der Waals surface area contributed by atoms with Crippen LogP contribution in [0.4, 0.5) is 8.78 Å². The monoisotopic (exact) mass is 362 g/mol. The Bertz CT molecular complexity index is 863. The molecule has 1 aliphatic rings. The molecule has 6 nitrogen and oxygen atoms in total. The van der Waals surface area contributed by atoms with Gasteiger partial charge >= 0.3 is 0 Å². The van der Waals surface area contributed by atoms with Crippen molar-refractivity contribution in [1.29, 1.82) is 0 Å². The van der Waals surface area contributed by atoms with Crippen LogP contribution in [0.5, 0.6) is 0 Å². The Morgan fingerprint density at radius 3 is 2.77 bits per heavy atom. The molecule has 0 saturated carbocycles. The average Bonchev–Trinajstić information content (AvgIpc) is 2.94. The molecule has 0 aliphatic carbocycles. The highest BCUT2D eigenvalue weighted by atomic mass is 19.1. The lowest BCUT2D eigenvalue weighted by Gasteiger charge is -2.27. The number of aromatic nitrogens is 2. The Hall–Kier alpha value is -2.77. The highest BCUT2D eigenvalue weighted by Gasteiger charge is 2.27. The number of benzene rings is 1. The summed E-state index contributed by atoms with van der Waals surface area (Å²) < 4.78 is 28.8. The SMILES string of the molecule is CCC(=O)NCc1nc2c(n1C)CN(C(=O)c1ccc(F)cc1F)CC2. The third-order valence-corrected chi connectivity index (χ3v) is 4.56. The molecule has 26 heavy (non-hydrogen) atoms. The summed E-state index contributed by atoms with van der Waals surface area (Å²) >= 11 is 0. The zero-order valence-corrected chi connectivity index (χ0v) is 14.7. The number of hydrogen-bond donors (Lipinski definition) is 1. The number of carbonyl (C=O) groups is 2. The first-order chi connectivity index (χ1) is 12.4. The van der Waals surface area contributed by atoms with Gasteiger partial charge in [-0.15, -0.1) is 0 Å². The van der Waals surface area contributed by atoms with Gasteiger partial charge in [0.25, 0.3) is 5.91 Å². The fraction of sp³-hybridized carbons (Fsp3) is 0.389. The van der Waals surface area contributed by atoms with Crippen molar-refractivity contribution in [2.24, 2.45) is 7.05 Å². The maximum absolute atomic E-state index is 13.9. The van der Waals surface area contributed by atoms with E-state index in [1.54, 1.807) is 6.92 Å². The van der Waals surface area contributed by atoms with Crippen LogP contribution in [0.3, 0.4) is 0 Å². The smallest absolute Gasteiger partial charge is 0.257 e. The number of fused-ring (bicyclic) bond motifs is 1. The number of halogens is 2. The van der Waals surface area contributed by atoms with Gasteiger partial charge in [0.15, 0.2) is 0 Å². The van der Waals surface area contributed by atoms with E-state index in [1.807, 2.05) is 11.6 Å². The molecule has 3 rings (SSSR count). The molecular formula is C18H20F2N4O2. The lowest BCUT2D eigenvalue weighted by molar-refractivity contribution is -0.120. The Kier molecular flexibility index (Phi) is 5.01. The van der Waals surface area contributed by atoms with Gasteiger partial charge in [-0.3, -0.25) is 9.59 Å². The fourth-order valence-electron chi connectivity index (χ4n) is 3.01. The summed E-state index contributed by atoms with van der Waals surface area (Å²) in [5.74, 6) is -1.41. The molecule has 0 radical (unpaired) electrons. The van der Waals surface area contributed by atoms with Gasteiger partial charge in [-0.05, 0) is 12.1 Å². The summed E-state index contributed by atoms with van der Waals surface area (Å²) in [6, 6.07) is 2.95. The maximum atomic E-state index is 13.9. The number of nitrogens with one attached hydrogen (secondary N) is 1. The van der Waals surface area contributed by atoms with Gasteiger partial charge in [0.2, 0.25) is 5.91 Å². The topological polar surface area (TPSA) is 67.2 Å². The Balaban J connectivity index is 1.77. The zero-order chi connectivity index (χ0) is 18.8. The highest BCUT2D eigenvalue weighted by molar-refractivity contribution is 5.94. The minimum absolute atomic E-state index is 0.0606. The van der Waals surface area contributed by atoms with Crippen molar-refractivity contribution in [2.75, 3.05) is 6.54 Å². The average molecular weight is 362 g/mol. The number of carbonyl (C=O) groups excluding carboxylic acids is 2. The molecule has 0 bridgehead atoms. The normalized spacial score (nSPS) is 13.5. The zero-order valence-electron chi connectivity index (χ0n) is 14.7. The van der Waals surface area contributed by atoms with E-state index in [4.69, 9.17) is 0 Å². The number of imidazole rings is 1. The van der Waals surface area contributed by atoms with Gasteiger partial charge in [-0.25, -0.2) is 13.8 Å². The predicted octanol–water partition coefficient (Wildman–Crippen LogP) is 1.92. The molecule has 138 valence electrons. The van der Waals surface area contributed by atoms with Crippen LogP contribution in [0.15, 0.2) is 18.2 Å². The minimum atomic E-state index is -0.867. The van der Waals surface area contributed by atoms with Crippen LogP contribution in [0.2, 0.25) is 0 Å². The molecule has 1 aromatic carbocycles. The van der Waals surface area contributed by atoms with E-state index in [0.29, 0.717) is 37.8 Å². The number of amides is 2. The third-order valence-electron chi connectivity index (χ3n) is 4.56. The lowest BCUT2D eigenvalue weighted by atomic mass is 10.1. The molecule has 2 amide bonds. The van der Waals surface area contributed by atoms with E-state index < -0.39 is 17.5 Å². The molecule has 1 aromatic heterocycles. The summed E-state index contributed by atoms with van der Waals surface area (Å²) in [7, 11) is 1.83. The van der Waals surface area contributed by atoms with Crippen molar-refractivity contribution in [2.45, 2.75) is 32.9 Å². The van der Waals surface area contributed by atoms with Crippen LogP contribution in [-0.2, 0) is 31.4 Å². The van der Waals surface area contributed by atoms with Crippen LogP contribution in [-0.4, -0.2) is 32.8 Å². The van der Waals surface area contributed by atoms with Crippen LogP contribution in [0, 0.1) is 11.6 Å². The van der Waals surface area contributed by atoms with Crippen molar-refractivity contribution in [3.63, 3.8) is 0 Å². The Morgan fingerprint density at radius 2 is 2.08 bits per heavy atom. The first-order valence-electron chi connectivity index (χ1n) is 8.45. The molecule has 0 saturated heterocycles. The van der Waals surface area contributed by atoms with Crippen molar-refractivity contribution < 1.29 is 18.4 Å². The van der Waals surface area contributed by atoms with Gasteiger partial charge < -0.3 is 14.8 Å². The van der Waals surface area contributed by atoms with Crippen LogP contribution < -0.4 is 5.32 Å². The van der Waals surface area contributed by atoms with E-state index in [0.717, 1.165) is 23.5 Å². The molecule has 0 fully saturated rings. The lowest BCUT2D eigenvalue weighted by Crippen LogP contribution is -2.37. The maximum Gasteiger partial charge on any atom is 0.257 e. The first-order valence-corrected chi connectivity index (χ1v) is 8.45. The minimum Gasteiger partial charge on any atom is -0.349 e. The van der Waals surface area contributed by atoms with Gasteiger partial charge in [0.1, 0.15) is 17.5 Å². The predicted molar refractivity (Wildman–Crippen MR) is 90.1 cm³/mol. The summed E-state index contributed by atoms with van der Waals surface area (Å²) in [6.07, 6.45) is 0.940. The van der Waals surface area contributed by atoms with Crippen molar-refractivity contribution in [3.05, 3.63) is 52.6 Å². The summed E-state index contributed by atoms with van der Waals surface area (Å²) in [5.41, 5.74) is 1.58. The fourth-order valence-corrected chi connectivity index (χ4v) is 3.01. The van der Waals surface area contributed by atoms with Crippen LogP contribution in [0.1, 0.15) is 40.9 Å². The van der Waals surface area contributed by atoms with Crippen molar-refractivity contribution in [1.82, 2.24) is 19.8 Å². The van der Waals surface area contributed by atoms with Gasteiger partial charge in [-0.1, -0.05) is 6.92 Å². The van der Waals surface area contributed by atoms with Gasteiger partial charge in [-0.2, -0.15) is 0 Å². The molecule has 8 heteroatoms. The van der Waals surface area contributed by atoms with E-state index in [9.17, 15) is 18.4 Å². The second kappa shape index (κ2) is 7.23. The molecule has 1 N–H and O–H groups in total. The Morgan fingerprint density at radius 1 is 1.31 bits per heavy atom. The molecule has 2 aromatic rings.